The highest BCUT2D eigenvalue weighted by Crippen LogP contribution is 2.62. The summed E-state index contributed by atoms with van der Waals surface area (Å²) in [5.74, 6) is 3.18. The maximum atomic E-state index is 2.57. The fraction of sp³-hybridized carbons (Fsp3) is 0.481. The standard InChI is InChI=1S/C27H30/c1-18-5-7-23(8-6-18)25-4-2-3-24-12-22(13-26(24)25)17-27-14-19-9-20(15-27)11-21(10-19)16-27/h2-8,13,19-21H,9-12,14-17H2,1H3. The van der Waals surface area contributed by atoms with Gasteiger partial charge in [-0.25, -0.2) is 0 Å². The maximum absolute atomic E-state index is 2.57. The maximum Gasteiger partial charge on any atom is -0.00574 e. The highest BCUT2D eigenvalue weighted by atomic mass is 14.6. The van der Waals surface area contributed by atoms with E-state index in [4.69, 9.17) is 0 Å². The number of hydrogen-bond acceptors (Lipinski definition) is 0. The molecule has 4 saturated carbocycles. The predicted octanol–water partition coefficient (Wildman–Crippen LogP) is 7.21. The lowest BCUT2D eigenvalue weighted by Gasteiger charge is -2.57. The zero-order chi connectivity index (χ0) is 18.0. The molecule has 0 radical (unpaired) electrons. The first-order chi connectivity index (χ1) is 13.2. The van der Waals surface area contributed by atoms with Crippen LogP contribution >= 0.6 is 0 Å². The number of aryl methyl sites for hydroxylation is 1. The van der Waals surface area contributed by atoms with E-state index in [9.17, 15) is 0 Å². The lowest BCUT2D eigenvalue weighted by molar-refractivity contribution is -0.0521. The first-order valence-corrected chi connectivity index (χ1v) is 11.0. The molecule has 0 atom stereocenters. The van der Waals surface area contributed by atoms with Crippen molar-refractivity contribution in [2.24, 2.45) is 23.2 Å². The van der Waals surface area contributed by atoms with Crippen LogP contribution in [0.1, 0.15) is 61.6 Å². The minimum Gasteiger partial charge on any atom is -0.0646 e. The number of rotatable bonds is 3. The molecule has 0 aliphatic heterocycles. The van der Waals surface area contributed by atoms with Gasteiger partial charge in [-0.2, -0.15) is 0 Å². The molecule has 0 spiro atoms. The number of hydrogen-bond donors (Lipinski definition) is 0. The third kappa shape index (κ3) is 2.72. The van der Waals surface area contributed by atoms with Crippen LogP contribution in [0.15, 0.2) is 48.0 Å². The molecule has 5 aliphatic carbocycles. The highest BCUT2D eigenvalue weighted by molar-refractivity contribution is 5.80. The summed E-state index contributed by atoms with van der Waals surface area (Å²) in [5.41, 5.74) is 9.55. The van der Waals surface area contributed by atoms with Crippen molar-refractivity contribution < 1.29 is 0 Å². The molecular weight excluding hydrogens is 324 g/mol. The van der Waals surface area contributed by atoms with Gasteiger partial charge in [-0.1, -0.05) is 59.7 Å². The van der Waals surface area contributed by atoms with Crippen molar-refractivity contribution in [3.05, 3.63) is 64.7 Å². The van der Waals surface area contributed by atoms with E-state index >= 15 is 0 Å². The summed E-state index contributed by atoms with van der Waals surface area (Å²) in [6.07, 6.45) is 14.4. The van der Waals surface area contributed by atoms with Crippen molar-refractivity contribution in [2.75, 3.05) is 0 Å². The average molecular weight is 355 g/mol. The molecule has 4 fully saturated rings. The van der Waals surface area contributed by atoms with Crippen LogP contribution in [-0.2, 0) is 6.42 Å². The summed E-state index contributed by atoms with van der Waals surface area (Å²) in [6.45, 7) is 2.17. The van der Waals surface area contributed by atoms with Crippen molar-refractivity contribution in [3.8, 4) is 11.1 Å². The van der Waals surface area contributed by atoms with Gasteiger partial charge in [0.25, 0.3) is 0 Å². The van der Waals surface area contributed by atoms with E-state index in [0.717, 1.165) is 17.8 Å². The van der Waals surface area contributed by atoms with Crippen LogP contribution in [0.5, 0.6) is 0 Å². The summed E-state index contributed by atoms with van der Waals surface area (Å²) in [6, 6.07) is 16.0. The molecular formula is C27H30. The molecule has 5 aliphatic rings. The Kier molecular flexibility index (Phi) is 3.49. The second kappa shape index (κ2) is 5.84. The number of allylic oxidation sites excluding steroid dienone is 1. The molecule has 2 aromatic carbocycles. The summed E-state index contributed by atoms with van der Waals surface area (Å²) >= 11 is 0. The van der Waals surface area contributed by atoms with Gasteiger partial charge in [0.1, 0.15) is 0 Å². The fourth-order valence-corrected chi connectivity index (χ4v) is 7.52. The second-order valence-corrected chi connectivity index (χ2v) is 10.3. The van der Waals surface area contributed by atoms with Gasteiger partial charge in [0, 0.05) is 0 Å². The Morgan fingerprint density at radius 2 is 1.52 bits per heavy atom. The van der Waals surface area contributed by atoms with Crippen molar-refractivity contribution in [1.82, 2.24) is 0 Å². The van der Waals surface area contributed by atoms with Crippen LogP contribution in [-0.4, -0.2) is 0 Å². The summed E-state index contributed by atoms with van der Waals surface area (Å²) < 4.78 is 0. The monoisotopic (exact) mass is 354 g/mol. The molecule has 7 rings (SSSR count). The molecule has 0 unspecified atom stereocenters. The van der Waals surface area contributed by atoms with Crippen LogP contribution in [0.4, 0.5) is 0 Å². The van der Waals surface area contributed by atoms with Crippen LogP contribution in [0.3, 0.4) is 0 Å². The Balaban J connectivity index is 1.31. The number of benzene rings is 2. The first-order valence-electron chi connectivity index (χ1n) is 11.0. The summed E-state index contributed by atoms with van der Waals surface area (Å²) in [4.78, 5) is 0. The van der Waals surface area contributed by atoms with Gasteiger partial charge in [0.2, 0.25) is 0 Å². The predicted molar refractivity (Wildman–Crippen MR) is 114 cm³/mol. The third-order valence-electron chi connectivity index (χ3n) is 8.09. The molecule has 0 heterocycles. The topological polar surface area (TPSA) is 0 Å². The van der Waals surface area contributed by atoms with E-state index in [0.29, 0.717) is 5.41 Å². The molecule has 0 N–H and O–H groups in total. The Morgan fingerprint density at radius 3 is 2.19 bits per heavy atom. The highest BCUT2D eigenvalue weighted by Gasteiger charge is 2.50. The third-order valence-corrected chi connectivity index (χ3v) is 8.09. The Hall–Kier alpha value is -1.82. The molecule has 0 heteroatoms. The minimum absolute atomic E-state index is 0.659. The van der Waals surface area contributed by atoms with Gasteiger partial charge in [0.05, 0.1) is 0 Å². The first kappa shape index (κ1) is 16.2. The Bertz CT molecular complexity index is 876. The SMILES string of the molecule is Cc1ccc(-c2cccc3c2C=C(CC24CC5CC(CC(C5)C2)C4)C3)cc1. The molecule has 0 nitrogen and oxygen atoms in total. The van der Waals surface area contributed by atoms with Gasteiger partial charge in [-0.05, 0) is 104 Å². The van der Waals surface area contributed by atoms with E-state index in [2.05, 4.69) is 55.5 Å². The van der Waals surface area contributed by atoms with E-state index in [1.165, 1.54) is 54.4 Å². The van der Waals surface area contributed by atoms with E-state index in [-0.39, 0.29) is 0 Å². The van der Waals surface area contributed by atoms with Crippen LogP contribution in [0, 0.1) is 30.1 Å². The Labute approximate surface area is 163 Å². The zero-order valence-corrected chi connectivity index (χ0v) is 16.5. The number of fused-ring (bicyclic) bond motifs is 1. The van der Waals surface area contributed by atoms with Crippen LogP contribution < -0.4 is 0 Å². The van der Waals surface area contributed by atoms with Crippen LogP contribution in [0.2, 0.25) is 0 Å². The largest absolute Gasteiger partial charge is 0.0646 e. The van der Waals surface area contributed by atoms with E-state index < -0.39 is 0 Å². The molecule has 0 saturated heterocycles. The van der Waals surface area contributed by atoms with E-state index in [1.807, 2.05) is 0 Å². The molecule has 27 heavy (non-hydrogen) atoms. The summed E-state index contributed by atoms with van der Waals surface area (Å²) in [5, 5.41) is 0. The minimum atomic E-state index is 0.659. The summed E-state index contributed by atoms with van der Waals surface area (Å²) in [7, 11) is 0. The smallest absolute Gasteiger partial charge is 0.00574 e. The molecule has 138 valence electrons. The van der Waals surface area contributed by atoms with E-state index in [1.54, 1.807) is 30.4 Å². The van der Waals surface area contributed by atoms with Crippen molar-refractivity contribution in [2.45, 2.75) is 58.3 Å². The molecule has 4 bridgehead atoms. The van der Waals surface area contributed by atoms with Crippen molar-refractivity contribution in [1.29, 1.82) is 0 Å². The van der Waals surface area contributed by atoms with Crippen molar-refractivity contribution in [3.63, 3.8) is 0 Å². The van der Waals surface area contributed by atoms with Crippen molar-refractivity contribution >= 4 is 6.08 Å². The Morgan fingerprint density at radius 1 is 0.852 bits per heavy atom. The van der Waals surface area contributed by atoms with Gasteiger partial charge < -0.3 is 0 Å². The molecule has 0 amide bonds. The van der Waals surface area contributed by atoms with Gasteiger partial charge in [0.15, 0.2) is 0 Å². The average Bonchev–Trinajstić information content (AvgIpc) is 3.03. The second-order valence-electron chi connectivity index (χ2n) is 10.3. The lowest BCUT2D eigenvalue weighted by Crippen LogP contribution is -2.46. The molecule has 0 aromatic heterocycles. The van der Waals surface area contributed by atoms with Gasteiger partial charge in [-0.15, -0.1) is 0 Å². The van der Waals surface area contributed by atoms with Crippen LogP contribution in [0.25, 0.3) is 17.2 Å². The lowest BCUT2D eigenvalue weighted by atomic mass is 9.48. The zero-order valence-electron chi connectivity index (χ0n) is 16.5. The fourth-order valence-electron chi connectivity index (χ4n) is 7.52. The normalized spacial score (nSPS) is 33.2. The molecule has 2 aromatic rings. The van der Waals surface area contributed by atoms with Gasteiger partial charge in [-0.3, -0.25) is 0 Å². The quantitative estimate of drug-likeness (QED) is 0.546. The van der Waals surface area contributed by atoms with Gasteiger partial charge >= 0.3 is 0 Å².